The maximum Gasteiger partial charge on any atom is 0.272 e. The van der Waals surface area contributed by atoms with E-state index >= 15 is 0 Å². The molecule has 13 heteroatoms. The minimum Gasteiger partial charge on any atom is -0.437 e. The minimum absolute atomic E-state index is 0.0676. The molecule has 1 amide bonds. The van der Waals surface area contributed by atoms with Crippen LogP contribution in [0.2, 0.25) is 0 Å². The molecule has 220 valence electrons. The molecule has 0 aliphatic carbocycles. The molecule has 0 bridgehead atoms. The number of aryl methyl sites for hydroxylation is 1. The number of nitro groups is 1. The Balaban J connectivity index is 1.82. The summed E-state index contributed by atoms with van der Waals surface area (Å²) in [5, 5.41) is 19.0. The number of ether oxygens (including phenoxy) is 2. The van der Waals surface area contributed by atoms with Crippen LogP contribution in [0.1, 0.15) is 60.3 Å². The van der Waals surface area contributed by atoms with E-state index in [-0.39, 0.29) is 23.4 Å². The monoisotopic (exact) mass is 585 g/mol. The molecule has 2 atom stereocenters. The molecular formula is C28H35N5O7S. The number of aromatic nitrogens is 2. The topological polar surface area (TPSA) is 155 Å². The van der Waals surface area contributed by atoms with Crippen LogP contribution in [0.3, 0.4) is 0 Å². The van der Waals surface area contributed by atoms with Gasteiger partial charge >= 0.3 is 0 Å². The van der Waals surface area contributed by atoms with Crippen molar-refractivity contribution in [1.82, 2.24) is 19.8 Å². The summed E-state index contributed by atoms with van der Waals surface area (Å²) in [6.45, 7) is 9.99. The van der Waals surface area contributed by atoms with Crippen LogP contribution in [0.5, 0.6) is 11.6 Å². The highest BCUT2D eigenvalue weighted by Gasteiger charge is 2.29. The molecule has 2 heterocycles. The third kappa shape index (κ3) is 6.58. The normalized spacial score (nSPS) is 16.0. The van der Waals surface area contributed by atoms with Crippen molar-refractivity contribution in [2.75, 3.05) is 13.2 Å². The maximum atomic E-state index is 13.3. The van der Waals surface area contributed by atoms with Gasteiger partial charge in [0.1, 0.15) is 10.6 Å². The second kappa shape index (κ2) is 12.4. The summed E-state index contributed by atoms with van der Waals surface area (Å²) < 4.78 is 42.5. The highest BCUT2D eigenvalue weighted by atomic mass is 32.2. The first-order valence-electron chi connectivity index (χ1n) is 13.5. The van der Waals surface area contributed by atoms with Gasteiger partial charge in [0.25, 0.3) is 11.6 Å². The smallest absolute Gasteiger partial charge is 0.272 e. The van der Waals surface area contributed by atoms with Crippen LogP contribution in [0.25, 0.3) is 5.69 Å². The Morgan fingerprint density at radius 1 is 1.24 bits per heavy atom. The Kier molecular flexibility index (Phi) is 9.10. The van der Waals surface area contributed by atoms with E-state index < -0.39 is 37.5 Å². The summed E-state index contributed by atoms with van der Waals surface area (Å²) in [4.78, 5) is 23.7. The van der Waals surface area contributed by atoms with Crippen molar-refractivity contribution in [3.05, 3.63) is 68.9 Å². The lowest BCUT2D eigenvalue weighted by molar-refractivity contribution is -0.385. The number of amides is 1. The minimum atomic E-state index is -4.21. The van der Waals surface area contributed by atoms with Crippen LogP contribution in [-0.2, 0) is 14.8 Å². The molecule has 1 fully saturated rings. The standard InChI is InChI=1S/C28H35N5O7S/c1-6-18(3)31-41(37,38)25-15-21(33(35)36)12-13-24(25)40-28-20(5)26(27(34)29-16-22-10-8-14-39-22)30-32(28)23-11-7-9-17(2)19(23)4/h7,9,11-13,15,18,22,31H,6,8,10,14,16H2,1-5H3,(H,29,34)/t18-,22+/m1/s1. The van der Waals surface area contributed by atoms with Gasteiger partial charge in [0.2, 0.25) is 15.9 Å². The van der Waals surface area contributed by atoms with Gasteiger partial charge in [0.15, 0.2) is 5.69 Å². The molecule has 1 aliphatic heterocycles. The number of carbonyl (C=O) groups is 1. The quantitative estimate of drug-likeness (QED) is 0.247. The SMILES string of the molecule is CC[C@@H](C)NS(=O)(=O)c1cc([N+](=O)[O-])ccc1Oc1c(C)c(C(=O)NC[C@@H]2CCCO2)nn1-c1cccc(C)c1C. The van der Waals surface area contributed by atoms with Crippen molar-refractivity contribution in [2.45, 2.75) is 70.9 Å². The highest BCUT2D eigenvalue weighted by Crippen LogP contribution is 2.36. The van der Waals surface area contributed by atoms with Gasteiger partial charge in [0, 0.05) is 36.9 Å². The van der Waals surface area contributed by atoms with Gasteiger partial charge in [-0.05, 0) is 70.2 Å². The molecule has 1 aromatic heterocycles. The molecule has 4 rings (SSSR count). The van der Waals surface area contributed by atoms with Gasteiger partial charge in [-0.2, -0.15) is 9.78 Å². The molecule has 41 heavy (non-hydrogen) atoms. The predicted octanol–water partition coefficient (Wildman–Crippen LogP) is 4.48. The molecular weight excluding hydrogens is 550 g/mol. The first-order valence-corrected chi connectivity index (χ1v) is 15.0. The van der Waals surface area contributed by atoms with E-state index in [9.17, 15) is 23.3 Å². The Morgan fingerprint density at radius 3 is 2.66 bits per heavy atom. The fourth-order valence-corrected chi connectivity index (χ4v) is 5.93. The number of rotatable bonds is 11. The van der Waals surface area contributed by atoms with Gasteiger partial charge in [-0.15, -0.1) is 0 Å². The number of nitrogens with zero attached hydrogens (tertiary/aromatic N) is 3. The van der Waals surface area contributed by atoms with Crippen molar-refractivity contribution in [1.29, 1.82) is 0 Å². The van der Waals surface area contributed by atoms with Gasteiger partial charge in [-0.1, -0.05) is 19.1 Å². The molecule has 3 aromatic rings. The Bertz CT molecular complexity index is 1560. The van der Waals surface area contributed by atoms with Crippen LogP contribution in [-0.4, -0.2) is 54.3 Å². The van der Waals surface area contributed by atoms with E-state index in [1.165, 1.54) is 16.8 Å². The van der Waals surface area contributed by atoms with Crippen LogP contribution < -0.4 is 14.8 Å². The van der Waals surface area contributed by atoms with Gasteiger partial charge < -0.3 is 14.8 Å². The number of carbonyl (C=O) groups excluding carboxylic acids is 1. The number of hydrogen-bond donors (Lipinski definition) is 2. The molecule has 0 radical (unpaired) electrons. The number of hydrogen-bond acceptors (Lipinski definition) is 8. The second-order valence-corrected chi connectivity index (χ2v) is 11.9. The Morgan fingerprint density at radius 2 is 2.00 bits per heavy atom. The zero-order chi connectivity index (χ0) is 29.9. The fraction of sp³-hybridized carbons (Fsp3) is 0.429. The second-order valence-electron chi connectivity index (χ2n) is 10.2. The van der Waals surface area contributed by atoms with Crippen molar-refractivity contribution < 1.29 is 27.6 Å². The highest BCUT2D eigenvalue weighted by molar-refractivity contribution is 7.89. The van der Waals surface area contributed by atoms with Crippen molar-refractivity contribution in [3.8, 4) is 17.3 Å². The van der Waals surface area contributed by atoms with E-state index in [0.29, 0.717) is 30.8 Å². The molecule has 0 spiro atoms. The molecule has 2 aromatic carbocycles. The maximum absolute atomic E-state index is 13.3. The zero-order valence-electron chi connectivity index (χ0n) is 23.8. The summed E-state index contributed by atoms with van der Waals surface area (Å²) in [5.41, 5.74) is 2.54. The first kappa shape index (κ1) is 30.2. The van der Waals surface area contributed by atoms with Crippen LogP contribution in [0.4, 0.5) is 5.69 Å². The van der Waals surface area contributed by atoms with E-state index in [1.54, 1.807) is 13.8 Å². The van der Waals surface area contributed by atoms with Crippen LogP contribution >= 0.6 is 0 Å². The average molecular weight is 586 g/mol. The van der Waals surface area contributed by atoms with Crippen LogP contribution in [0, 0.1) is 30.9 Å². The summed E-state index contributed by atoms with van der Waals surface area (Å²) >= 11 is 0. The first-order chi connectivity index (χ1) is 19.4. The largest absolute Gasteiger partial charge is 0.437 e. The summed E-state index contributed by atoms with van der Waals surface area (Å²) in [6.07, 6.45) is 2.23. The van der Waals surface area contributed by atoms with Crippen molar-refractivity contribution in [3.63, 3.8) is 0 Å². The number of benzene rings is 2. The summed E-state index contributed by atoms with van der Waals surface area (Å²) in [5.74, 6) is -0.469. The zero-order valence-corrected chi connectivity index (χ0v) is 24.6. The summed E-state index contributed by atoms with van der Waals surface area (Å²) in [6, 6.07) is 8.53. The predicted molar refractivity (Wildman–Crippen MR) is 152 cm³/mol. The molecule has 1 saturated heterocycles. The Labute approximate surface area is 239 Å². The lowest BCUT2D eigenvalue weighted by atomic mass is 10.1. The van der Waals surface area contributed by atoms with Gasteiger partial charge in [-0.25, -0.2) is 13.1 Å². The third-order valence-corrected chi connectivity index (χ3v) is 8.82. The lowest BCUT2D eigenvalue weighted by Crippen LogP contribution is -2.32. The number of non-ortho nitro benzene ring substituents is 1. The molecule has 0 saturated carbocycles. The number of nitro benzene ring substituents is 1. The van der Waals surface area contributed by atoms with Gasteiger partial charge in [0.05, 0.1) is 16.7 Å². The van der Waals surface area contributed by atoms with E-state index in [1.807, 2.05) is 39.0 Å². The molecule has 0 unspecified atom stereocenters. The summed E-state index contributed by atoms with van der Waals surface area (Å²) in [7, 11) is -4.21. The van der Waals surface area contributed by atoms with Gasteiger partial charge in [-0.3, -0.25) is 14.9 Å². The lowest BCUT2D eigenvalue weighted by Gasteiger charge is -2.17. The number of nitrogens with one attached hydrogen (secondary N) is 2. The van der Waals surface area contributed by atoms with Crippen LogP contribution in [0.15, 0.2) is 41.3 Å². The molecule has 1 aliphatic rings. The molecule has 12 nitrogen and oxygen atoms in total. The van der Waals surface area contributed by atoms with Crippen molar-refractivity contribution in [2.24, 2.45) is 0 Å². The van der Waals surface area contributed by atoms with E-state index in [2.05, 4.69) is 15.1 Å². The average Bonchev–Trinajstić information content (AvgIpc) is 3.57. The van der Waals surface area contributed by atoms with Crippen molar-refractivity contribution >= 4 is 21.6 Å². The van der Waals surface area contributed by atoms with E-state index in [4.69, 9.17) is 9.47 Å². The van der Waals surface area contributed by atoms with E-state index in [0.717, 1.165) is 30.0 Å². The molecule has 2 N–H and O–H groups in total. The number of sulfonamides is 1. The third-order valence-electron chi connectivity index (χ3n) is 7.20. The fourth-order valence-electron chi connectivity index (χ4n) is 4.46. The Hall–Kier alpha value is -3.81.